The van der Waals surface area contributed by atoms with Crippen molar-refractivity contribution in [2.24, 2.45) is 0 Å². The van der Waals surface area contributed by atoms with E-state index in [9.17, 15) is 0 Å². The number of aromatic nitrogens is 1. The molecular weight excluding hydrogens is 202 g/mol. The molecule has 1 aromatic heterocycles. The number of anilines is 2. The zero-order chi connectivity index (χ0) is 9.97. The summed E-state index contributed by atoms with van der Waals surface area (Å²) in [4.78, 5) is 9.58. The van der Waals surface area contributed by atoms with Gasteiger partial charge in [-0.2, -0.15) is 0 Å². The monoisotopic (exact) mass is 213 g/mol. The van der Waals surface area contributed by atoms with E-state index in [4.69, 9.17) is 22.2 Å². The van der Waals surface area contributed by atoms with Crippen molar-refractivity contribution < 1.29 is 4.84 Å². The van der Waals surface area contributed by atoms with Crippen molar-refractivity contribution in [2.45, 2.75) is 12.8 Å². The smallest absolute Gasteiger partial charge is 0.171 e. The first kappa shape index (κ1) is 9.55. The molecule has 1 saturated heterocycles. The van der Waals surface area contributed by atoms with E-state index in [2.05, 4.69) is 4.98 Å². The maximum absolute atomic E-state index is 6.00. The minimum Gasteiger partial charge on any atom is -0.397 e. The number of rotatable bonds is 1. The first-order valence-corrected chi connectivity index (χ1v) is 4.96. The van der Waals surface area contributed by atoms with Crippen LogP contribution in [0, 0.1) is 0 Å². The summed E-state index contributed by atoms with van der Waals surface area (Å²) in [5, 5.41) is 2.26. The molecule has 0 spiro atoms. The largest absolute Gasteiger partial charge is 0.397 e. The molecule has 0 atom stereocenters. The van der Waals surface area contributed by atoms with Crippen LogP contribution in [0.4, 0.5) is 11.5 Å². The van der Waals surface area contributed by atoms with Crippen LogP contribution in [0.3, 0.4) is 0 Å². The van der Waals surface area contributed by atoms with Crippen LogP contribution in [0.15, 0.2) is 12.3 Å². The average Bonchev–Trinajstić information content (AvgIpc) is 2.19. The van der Waals surface area contributed by atoms with Crippen molar-refractivity contribution in [2.75, 3.05) is 23.9 Å². The third-order valence-corrected chi connectivity index (χ3v) is 2.36. The van der Waals surface area contributed by atoms with Crippen LogP contribution in [-0.2, 0) is 4.84 Å². The molecule has 14 heavy (non-hydrogen) atoms. The topological polar surface area (TPSA) is 51.4 Å². The molecule has 1 aliphatic rings. The van der Waals surface area contributed by atoms with Crippen molar-refractivity contribution in [1.82, 2.24) is 4.98 Å². The molecule has 2 N–H and O–H groups in total. The van der Waals surface area contributed by atoms with Crippen molar-refractivity contribution in [3.63, 3.8) is 0 Å². The van der Waals surface area contributed by atoms with E-state index in [-0.39, 0.29) is 0 Å². The lowest BCUT2D eigenvalue weighted by Crippen LogP contribution is -2.30. The van der Waals surface area contributed by atoms with E-state index >= 15 is 0 Å². The molecule has 1 aromatic rings. The van der Waals surface area contributed by atoms with Crippen molar-refractivity contribution in [3.05, 3.63) is 17.3 Å². The fourth-order valence-electron chi connectivity index (χ4n) is 1.39. The quantitative estimate of drug-likeness (QED) is 0.774. The number of hydrogen-bond donors (Lipinski definition) is 1. The second-order valence-corrected chi connectivity index (χ2v) is 3.62. The number of nitrogens with two attached hydrogens (primary N) is 1. The van der Waals surface area contributed by atoms with Gasteiger partial charge < -0.3 is 5.73 Å². The Bertz CT molecular complexity index is 326. The number of hydrogen-bond acceptors (Lipinski definition) is 4. The molecule has 0 saturated carbocycles. The lowest BCUT2D eigenvalue weighted by atomic mass is 10.3. The second-order valence-electron chi connectivity index (χ2n) is 3.22. The van der Waals surface area contributed by atoms with Crippen LogP contribution in [-0.4, -0.2) is 18.1 Å². The minimum atomic E-state index is 0.534. The minimum absolute atomic E-state index is 0.534. The molecule has 1 aliphatic heterocycles. The lowest BCUT2D eigenvalue weighted by Gasteiger charge is -2.27. The second kappa shape index (κ2) is 4.02. The zero-order valence-electron chi connectivity index (χ0n) is 7.74. The first-order valence-electron chi connectivity index (χ1n) is 4.59. The summed E-state index contributed by atoms with van der Waals surface area (Å²) in [6.45, 7) is 1.55. The Morgan fingerprint density at radius 2 is 2.36 bits per heavy atom. The summed E-state index contributed by atoms with van der Waals surface area (Å²) in [5.41, 5.74) is 6.12. The Hall–Kier alpha value is -1.00. The number of hydroxylamine groups is 1. The van der Waals surface area contributed by atoms with Gasteiger partial charge in [0.1, 0.15) is 0 Å². The number of halogens is 1. The molecule has 76 valence electrons. The van der Waals surface area contributed by atoms with Crippen LogP contribution in [0.25, 0.3) is 0 Å². The third-order valence-electron chi connectivity index (χ3n) is 2.08. The molecule has 0 unspecified atom stereocenters. The van der Waals surface area contributed by atoms with Crippen LogP contribution in [0.5, 0.6) is 0 Å². The van der Waals surface area contributed by atoms with Gasteiger partial charge in [0.05, 0.1) is 23.5 Å². The molecular formula is C9H12ClN3O. The third kappa shape index (κ3) is 1.91. The standard InChI is InChI=1S/C9H12ClN3O/c10-8-5-7(11)6-12-9(8)13-3-1-2-4-14-13/h5-6H,1-4,11H2. The Kier molecular flexibility index (Phi) is 2.74. The van der Waals surface area contributed by atoms with Gasteiger partial charge in [-0.15, -0.1) is 0 Å². The highest BCUT2D eigenvalue weighted by molar-refractivity contribution is 6.33. The lowest BCUT2D eigenvalue weighted by molar-refractivity contribution is 0.0762. The first-order chi connectivity index (χ1) is 6.77. The Morgan fingerprint density at radius 3 is 3.00 bits per heavy atom. The molecule has 2 heterocycles. The highest BCUT2D eigenvalue weighted by Gasteiger charge is 2.15. The Labute approximate surface area is 87.6 Å². The van der Waals surface area contributed by atoms with E-state index in [0.29, 0.717) is 16.5 Å². The maximum atomic E-state index is 6.00. The van der Waals surface area contributed by atoms with Crippen molar-refractivity contribution in [1.29, 1.82) is 0 Å². The summed E-state index contributed by atoms with van der Waals surface area (Å²) in [6.07, 6.45) is 3.77. The van der Waals surface area contributed by atoms with Gasteiger partial charge in [-0.1, -0.05) is 11.6 Å². The summed E-state index contributed by atoms with van der Waals surface area (Å²) in [6, 6.07) is 1.68. The van der Waals surface area contributed by atoms with Crippen molar-refractivity contribution in [3.8, 4) is 0 Å². The van der Waals surface area contributed by atoms with Gasteiger partial charge in [-0.25, -0.2) is 10.0 Å². The zero-order valence-corrected chi connectivity index (χ0v) is 8.50. The van der Waals surface area contributed by atoms with Gasteiger partial charge in [-0.3, -0.25) is 4.84 Å². The van der Waals surface area contributed by atoms with E-state index in [1.54, 1.807) is 17.3 Å². The summed E-state index contributed by atoms with van der Waals surface area (Å²) < 4.78 is 0. The van der Waals surface area contributed by atoms with Gasteiger partial charge in [0.15, 0.2) is 5.82 Å². The number of pyridine rings is 1. The number of nitrogen functional groups attached to an aromatic ring is 1. The molecule has 5 heteroatoms. The van der Waals surface area contributed by atoms with Crippen LogP contribution in [0.1, 0.15) is 12.8 Å². The SMILES string of the molecule is Nc1cnc(N2CCCCO2)c(Cl)c1. The van der Waals surface area contributed by atoms with E-state index in [1.165, 1.54) is 0 Å². The molecule has 0 aromatic carbocycles. The van der Waals surface area contributed by atoms with Gasteiger partial charge >= 0.3 is 0 Å². The highest BCUT2D eigenvalue weighted by Crippen LogP contribution is 2.26. The van der Waals surface area contributed by atoms with Crippen LogP contribution >= 0.6 is 11.6 Å². The Morgan fingerprint density at radius 1 is 1.50 bits per heavy atom. The number of nitrogens with zero attached hydrogens (tertiary/aromatic N) is 2. The predicted octanol–water partition coefficient (Wildman–Crippen LogP) is 1.85. The molecule has 4 nitrogen and oxygen atoms in total. The molecule has 2 rings (SSSR count). The molecule has 0 aliphatic carbocycles. The van der Waals surface area contributed by atoms with Gasteiger partial charge in [-0.05, 0) is 18.9 Å². The van der Waals surface area contributed by atoms with Crippen molar-refractivity contribution >= 4 is 23.1 Å². The molecule has 0 radical (unpaired) electrons. The Balaban J connectivity index is 2.22. The maximum Gasteiger partial charge on any atom is 0.171 e. The summed E-state index contributed by atoms with van der Waals surface area (Å²) in [7, 11) is 0. The summed E-state index contributed by atoms with van der Waals surface area (Å²) in [5.74, 6) is 0.653. The van der Waals surface area contributed by atoms with Gasteiger partial charge in [0.25, 0.3) is 0 Å². The van der Waals surface area contributed by atoms with Gasteiger partial charge in [0.2, 0.25) is 0 Å². The summed E-state index contributed by atoms with van der Waals surface area (Å²) >= 11 is 6.00. The van der Waals surface area contributed by atoms with Crippen LogP contribution < -0.4 is 10.8 Å². The predicted molar refractivity (Wildman–Crippen MR) is 56.2 cm³/mol. The van der Waals surface area contributed by atoms with Gasteiger partial charge in [0, 0.05) is 6.54 Å². The fourth-order valence-corrected chi connectivity index (χ4v) is 1.66. The van der Waals surface area contributed by atoms with E-state index < -0.39 is 0 Å². The fraction of sp³-hybridized carbons (Fsp3) is 0.444. The van der Waals surface area contributed by atoms with Crippen LogP contribution in [0.2, 0.25) is 5.02 Å². The average molecular weight is 214 g/mol. The highest BCUT2D eigenvalue weighted by atomic mass is 35.5. The molecule has 1 fully saturated rings. The molecule has 0 bridgehead atoms. The van der Waals surface area contributed by atoms with E-state index in [0.717, 1.165) is 26.0 Å². The normalized spacial score (nSPS) is 17.1. The van der Waals surface area contributed by atoms with E-state index in [1.807, 2.05) is 0 Å². The molecule has 0 amide bonds.